The zero-order chi connectivity index (χ0) is 5.98. The van der Waals surface area contributed by atoms with Crippen molar-refractivity contribution in [2.24, 2.45) is 0 Å². The largest absolute Gasteiger partial charge is 0.243 e. The van der Waals surface area contributed by atoms with Crippen molar-refractivity contribution in [2.45, 2.75) is 4.90 Å². The molecule has 0 spiro atoms. The molecular formula is C5H5Cl2NS. The van der Waals surface area contributed by atoms with Gasteiger partial charge in [-0.05, 0) is 12.1 Å². The van der Waals surface area contributed by atoms with Gasteiger partial charge in [0.1, 0.15) is 5.15 Å². The summed E-state index contributed by atoms with van der Waals surface area (Å²) in [5, 5.41) is 0.503. The normalized spacial score (nSPS) is 8.22. The lowest BCUT2D eigenvalue weighted by atomic mass is 10.5. The number of nitrogens with zero attached hydrogens (tertiary/aromatic N) is 1. The van der Waals surface area contributed by atoms with Gasteiger partial charge in [0.15, 0.2) is 0 Å². The van der Waals surface area contributed by atoms with E-state index in [0.717, 1.165) is 4.90 Å². The Balaban J connectivity index is 0.000000640. The summed E-state index contributed by atoms with van der Waals surface area (Å²) >= 11 is 9.48. The highest BCUT2D eigenvalue weighted by molar-refractivity contribution is 7.80. The van der Waals surface area contributed by atoms with Gasteiger partial charge in [0.25, 0.3) is 0 Å². The van der Waals surface area contributed by atoms with E-state index in [-0.39, 0.29) is 12.4 Å². The van der Waals surface area contributed by atoms with Crippen LogP contribution in [0.1, 0.15) is 0 Å². The predicted molar refractivity (Wildman–Crippen MR) is 43.7 cm³/mol. The second-order valence-corrected chi connectivity index (χ2v) is 2.24. The van der Waals surface area contributed by atoms with Gasteiger partial charge in [-0.2, -0.15) is 0 Å². The lowest BCUT2D eigenvalue weighted by Crippen LogP contribution is -1.70. The van der Waals surface area contributed by atoms with E-state index in [1.54, 1.807) is 18.3 Å². The molecule has 0 amide bonds. The van der Waals surface area contributed by atoms with E-state index < -0.39 is 0 Å². The van der Waals surface area contributed by atoms with Gasteiger partial charge in [-0.3, -0.25) is 0 Å². The van der Waals surface area contributed by atoms with Gasteiger partial charge in [0, 0.05) is 11.1 Å². The molecule has 0 atom stereocenters. The van der Waals surface area contributed by atoms with Gasteiger partial charge in [-0.15, -0.1) is 25.0 Å². The Bertz CT molecular complexity index is 154. The zero-order valence-electron chi connectivity index (χ0n) is 4.41. The number of rotatable bonds is 0. The highest BCUT2D eigenvalue weighted by atomic mass is 35.5. The molecule has 1 aromatic heterocycles. The Morgan fingerprint density at radius 2 is 2.11 bits per heavy atom. The molecule has 1 nitrogen and oxygen atoms in total. The predicted octanol–water partition coefficient (Wildman–Crippen LogP) is 2.45. The van der Waals surface area contributed by atoms with Gasteiger partial charge < -0.3 is 0 Å². The number of hydrogen-bond acceptors (Lipinski definition) is 2. The second kappa shape index (κ2) is 3.99. The summed E-state index contributed by atoms with van der Waals surface area (Å²) in [5.74, 6) is 0. The maximum atomic E-state index is 5.47. The fraction of sp³-hybridized carbons (Fsp3) is 0. The summed E-state index contributed by atoms with van der Waals surface area (Å²) in [6, 6.07) is 3.49. The topological polar surface area (TPSA) is 12.9 Å². The van der Waals surface area contributed by atoms with E-state index in [9.17, 15) is 0 Å². The molecular weight excluding hydrogens is 177 g/mol. The van der Waals surface area contributed by atoms with E-state index in [2.05, 4.69) is 17.6 Å². The van der Waals surface area contributed by atoms with Crippen LogP contribution in [-0.2, 0) is 0 Å². The van der Waals surface area contributed by atoms with E-state index in [4.69, 9.17) is 11.6 Å². The summed E-state index contributed by atoms with van der Waals surface area (Å²) in [5.41, 5.74) is 0. The SMILES string of the molecule is Cl.Sc1ccc(Cl)nc1. The third-order valence-electron chi connectivity index (χ3n) is 0.712. The summed E-state index contributed by atoms with van der Waals surface area (Å²) in [4.78, 5) is 4.60. The standard InChI is InChI=1S/C5H4ClNS.ClH/c6-5-2-1-4(8)3-7-5;/h1-3,8H;1H. The Labute approximate surface area is 70.3 Å². The smallest absolute Gasteiger partial charge is 0.129 e. The maximum Gasteiger partial charge on any atom is 0.129 e. The third-order valence-corrected chi connectivity index (χ3v) is 1.20. The minimum Gasteiger partial charge on any atom is -0.243 e. The number of pyridine rings is 1. The van der Waals surface area contributed by atoms with Crippen LogP contribution in [0.3, 0.4) is 0 Å². The van der Waals surface area contributed by atoms with Crippen LogP contribution in [0, 0.1) is 0 Å². The molecule has 0 aliphatic rings. The molecule has 0 saturated carbocycles. The average molecular weight is 182 g/mol. The van der Waals surface area contributed by atoms with Crippen molar-refractivity contribution in [1.82, 2.24) is 4.98 Å². The molecule has 0 saturated heterocycles. The lowest BCUT2D eigenvalue weighted by molar-refractivity contribution is 1.24. The number of halogens is 2. The molecule has 9 heavy (non-hydrogen) atoms. The number of thiol groups is 1. The fourth-order valence-electron chi connectivity index (χ4n) is 0.368. The maximum absolute atomic E-state index is 5.47. The van der Waals surface area contributed by atoms with E-state index in [0.29, 0.717) is 5.15 Å². The highest BCUT2D eigenvalue weighted by Crippen LogP contribution is 2.06. The molecule has 1 aromatic rings. The van der Waals surface area contributed by atoms with Gasteiger partial charge >= 0.3 is 0 Å². The van der Waals surface area contributed by atoms with Crippen molar-refractivity contribution in [3.8, 4) is 0 Å². The van der Waals surface area contributed by atoms with Crippen molar-refractivity contribution in [2.75, 3.05) is 0 Å². The Hall–Kier alpha value is 0.0800. The van der Waals surface area contributed by atoms with Crippen molar-refractivity contribution < 1.29 is 0 Å². The minimum absolute atomic E-state index is 0. The van der Waals surface area contributed by atoms with Crippen LogP contribution in [0.5, 0.6) is 0 Å². The fourth-order valence-corrected chi connectivity index (χ4v) is 0.612. The molecule has 4 heteroatoms. The average Bonchev–Trinajstić information content (AvgIpc) is 1.77. The van der Waals surface area contributed by atoms with Gasteiger partial charge in [-0.1, -0.05) is 11.6 Å². The molecule has 1 rings (SSSR count). The van der Waals surface area contributed by atoms with Crippen LogP contribution in [-0.4, -0.2) is 4.98 Å². The van der Waals surface area contributed by atoms with Crippen LogP contribution >= 0.6 is 36.6 Å². The molecule has 50 valence electrons. The van der Waals surface area contributed by atoms with Crippen LogP contribution in [0.15, 0.2) is 23.2 Å². The minimum atomic E-state index is 0. The lowest BCUT2D eigenvalue weighted by Gasteiger charge is -1.86. The van der Waals surface area contributed by atoms with Crippen molar-refractivity contribution in [1.29, 1.82) is 0 Å². The molecule has 0 N–H and O–H groups in total. The molecule has 0 radical (unpaired) electrons. The third kappa shape index (κ3) is 2.94. The van der Waals surface area contributed by atoms with Crippen molar-refractivity contribution in [3.63, 3.8) is 0 Å². The molecule has 0 aliphatic heterocycles. The van der Waals surface area contributed by atoms with E-state index >= 15 is 0 Å². The van der Waals surface area contributed by atoms with Gasteiger partial charge in [0.2, 0.25) is 0 Å². The first-order valence-electron chi connectivity index (χ1n) is 2.09. The Kier molecular flexibility index (Phi) is 4.02. The Morgan fingerprint density at radius 3 is 2.44 bits per heavy atom. The first-order valence-corrected chi connectivity index (χ1v) is 2.92. The first kappa shape index (κ1) is 9.08. The summed E-state index contributed by atoms with van der Waals surface area (Å²) < 4.78 is 0. The van der Waals surface area contributed by atoms with Crippen LogP contribution in [0.4, 0.5) is 0 Å². The van der Waals surface area contributed by atoms with Gasteiger partial charge in [0.05, 0.1) is 0 Å². The van der Waals surface area contributed by atoms with E-state index in [1.807, 2.05) is 0 Å². The molecule has 0 unspecified atom stereocenters. The summed E-state index contributed by atoms with van der Waals surface area (Å²) in [6.45, 7) is 0. The van der Waals surface area contributed by atoms with E-state index in [1.165, 1.54) is 0 Å². The Morgan fingerprint density at radius 1 is 1.44 bits per heavy atom. The van der Waals surface area contributed by atoms with Crippen molar-refractivity contribution in [3.05, 3.63) is 23.5 Å². The summed E-state index contributed by atoms with van der Waals surface area (Å²) in [7, 11) is 0. The first-order chi connectivity index (χ1) is 3.79. The highest BCUT2D eigenvalue weighted by Gasteiger charge is 1.84. The molecule has 1 heterocycles. The number of aromatic nitrogens is 1. The van der Waals surface area contributed by atoms with Crippen LogP contribution < -0.4 is 0 Å². The number of hydrogen-bond donors (Lipinski definition) is 1. The van der Waals surface area contributed by atoms with Gasteiger partial charge in [-0.25, -0.2) is 4.98 Å². The van der Waals surface area contributed by atoms with Crippen molar-refractivity contribution >= 4 is 36.6 Å². The van der Waals surface area contributed by atoms with Crippen LogP contribution in [0.25, 0.3) is 0 Å². The zero-order valence-corrected chi connectivity index (χ0v) is 6.88. The molecule has 0 aliphatic carbocycles. The van der Waals surface area contributed by atoms with Crippen LogP contribution in [0.2, 0.25) is 5.15 Å². The quantitative estimate of drug-likeness (QED) is 0.480. The monoisotopic (exact) mass is 181 g/mol. The molecule has 0 aromatic carbocycles. The second-order valence-electron chi connectivity index (χ2n) is 1.34. The summed E-state index contributed by atoms with van der Waals surface area (Å²) in [6.07, 6.45) is 1.60. The molecule has 0 bridgehead atoms. The molecule has 0 fully saturated rings.